The van der Waals surface area contributed by atoms with Crippen LogP contribution in [0.15, 0.2) is 81.9 Å². The van der Waals surface area contributed by atoms with Crippen molar-refractivity contribution in [2.75, 3.05) is 0 Å². The Morgan fingerprint density at radius 3 is 2.31 bits per heavy atom. The molecule has 3 aromatic rings. The fourth-order valence-electron chi connectivity index (χ4n) is 2.68. The Bertz CT molecular complexity index is 1190. The minimum absolute atomic E-state index is 0.0834. The average Bonchev–Trinajstić information content (AvgIpc) is 3.24. The van der Waals surface area contributed by atoms with Crippen LogP contribution in [0.3, 0.4) is 0 Å². The summed E-state index contributed by atoms with van der Waals surface area (Å²) < 4.78 is 5.47. The molecule has 0 bridgehead atoms. The number of carbonyl (C=O) groups excluding carboxylic acids is 2. The van der Waals surface area contributed by atoms with Crippen molar-refractivity contribution < 1.29 is 18.9 Å². The van der Waals surface area contributed by atoms with Gasteiger partial charge in [-0.1, -0.05) is 18.2 Å². The van der Waals surface area contributed by atoms with Crippen LogP contribution in [0.1, 0.15) is 34.4 Å². The van der Waals surface area contributed by atoms with E-state index in [2.05, 4.69) is 15.8 Å². The molecule has 0 atom stereocenters. The fraction of sp³-hybridized carbons (Fsp3) is 0.0870. The molecule has 3 rings (SSSR count). The van der Waals surface area contributed by atoms with Crippen LogP contribution in [0.4, 0.5) is 5.69 Å². The van der Waals surface area contributed by atoms with Crippen LogP contribution in [0.2, 0.25) is 0 Å². The summed E-state index contributed by atoms with van der Waals surface area (Å²) in [5.74, 6) is 0.0401. The van der Waals surface area contributed by atoms with Crippen LogP contribution in [0, 0.1) is 17.0 Å². The Hall–Kier alpha value is -4.53. The van der Waals surface area contributed by atoms with Crippen molar-refractivity contribution in [2.45, 2.75) is 13.8 Å². The largest absolute Gasteiger partial charge is 0.460 e. The zero-order valence-corrected chi connectivity index (χ0v) is 17.4. The number of carbonyl (C=O) groups is 2. The molecule has 32 heavy (non-hydrogen) atoms. The molecule has 0 unspecified atom stereocenters. The number of amides is 2. The third-order valence-electron chi connectivity index (χ3n) is 4.37. The molecule has 0 radical (unpaired) electrons. The van der Waals surface area contributed by atoms with Gasteiger partial charge in [0.1, 0.15) is 22.9 Å². The summed E-state index contributed by atoms with van der Waals surface area (Å²) in [6, 6.07) is 17.5. The van der Waals surface area contributed by atoms with Crippen LogP contribution >= 0.6 is 0 Å². The van der Waals surface area contributed by atoms with Crippen molar-refractivity contribution in [3.63, 3.8) is 0 Å². The maximum Gasteiger partial charge on any atom is 0.287 e. The number of nitrogens with one attached hydrogen (secondary N) is 2. The van der Waals surface area contributed by atoms with Crippen molar-refractivity contribution in [1.29, 1.82) is 0 Å². The van der Waals surface area contributed by atoms with Crippen molar-refractivity contribution in [2.24, 2.45) is 5.10 Å². The van der Waals surface area contributed by atoms with Gasteiger partial charge in [-0.05, 0) is 61.9 Å². The van der Waals surface area contributed by atoms with Gasteiger partial charge in [-0.15, -0.1) is 0 Å². The number of non-ortho nitro benzene ring substituents is 1. The Kier molecular flexibility index (Phi) is 6.92. The lowest BCUT2D eigenvalue weighted by molar-refractivity contribution is -0.384. The van der Waals surface area contributed by atoms with E-state index in [0.717, 1.165) is 0 Å². The van der Waals surface area contributed by atoms with Crippen molar-refractivity contribution in [1.82, 2.24) is 10.7 Å². The van der Waals surface area contributed by atoms with E-state index >= 15 is 0 Å². The van der Waals surface area contributed by atoms with Crippen LogP contribution in [0.5, 0.6) is 0 Å². The lowest BCUT2D eigenvalue weighted by atomic mass is 10.1. The third-order valence-corrected chi connectivity index (χ3v) is 4.37. The Morgan fingerprint density at radius 1 is 1.03 bits per heavy atom. The third kappa shape index (κ3) is 5.76. The summed E-state index contributed by atoms with van der Waals surface area (Å²) in [4.78, 5) is 35.7. The molecule has 0 saturated carbocycles. The monoisotopic (exact) mass is 432 g/mol. The number of furan rings is 1. The molecule has 2 N–H and O–H groups in total. The summed E-state index contributed by atoms with van der Waals surface area (Å²) in [7, 11) is 0. The topological polar surface area (TPSA) is 127 Å². The molecule has 0 saturated heterocycles. The highest BCUT2D eigenvalue weighted by Crippen LogP contribution is 2.14. The minimum Gasteiger partial charge on any atom is -0.460 e. The number of aryl methyl sites for hydroxylation is 1. The first-order valence-corrected chi connectivity index (χ1v) is 9.57. The van der Waals surface area contributed by atoms with E-state index in [0.29, 0.717) is 28.4 Å². The maximum atomic E-state index is 12.8. The van der Waals surface area contributed by atoms with Gasteiger partial charge in [-0.2, -0.15) is 5.10 Å². The summed E-state index contributed by atoms with van der Waals surface area (Å²) >= 11 is 0. The Labute approximate surface area is 183 Å². The first kappa shape index (κ1) is 22.2. The van der Waals surface area contributed by atoms with E-state index in [-0.39, 0.29) is 11.4 Å². The standard InChI is InChI=1S/C23H20N4O5/c1-15-8-13-21(32-15)16(2)25-26-23(29)20(24-22(28)18-6-4-3-5-7-18)14-17-9-11-19(12-10-17)27(30)31/h3-14H,1-2H3,(H,24,28)(H,26,29)/b20-14-,25-16?. The minimum atomic E-state index is -0.671. The predicted molar refractivity (Wildman–Crippen MR) is 119 cm³/mol. The first-order chi connectivity index (χ1) is 15.3. The number of nitro benzene ring substituents is 1. The fourth-order valence-corrected chi connectivity index (χ4v) is 2.68. The molecule has 2 aromatic carbocycles. The molecule has 1 aromatic heterocycles. The second kappa shape index (κ2) is 9.98. The van der Waals surface area contributed by atoms with Crippen LogP contribution < -0.4 is 10.7 Å². The van der Waals surface area contributed by atoms with Crippen LogP contribution in [-0.2, 0) is 4.79 Å². The van der Waals surface area contributed by atoms with Gasteiger partial charge in [0.15, 0.2) is 0 Å². The molecular formula is C23H20N4O5. The van der Waals surface area contributed by atoms with Gasteiger partial charge >= 0.3 is 0 Å². The van der Waals surface area contributed by atoms with Crippen LogP contribution in [0.25, 0.3) is 6.08 Å². The molecule has 0 aliphatic rings. The summed E-state index contributed by atoms with van der Waals surface area (Å²) in [5.41, 5.74) is 3.51. The van der Waals surface area contributed by atoms with E-state index in [1.165, 1.54) is 30.3 Å². The average molecular weight is 432 g/mol. The van der Waals surface area contributed by atoms with Gasteiger partial charge < -0.3 is 9.73 Å². The highest BCUT2D eigenvalue weighted by molar-refractivity contribution is 6.06. The van der Waals surface area contributed by atoms with Crippen molar-refractivity contribution >= 4 is 29.3 Å². The number of benzene rings is 2. The lowest BCUT2D eigenvalue weighted by Crippen LogP contribution is -2.33. The van der Waals surface area contributed by atoms with Gasteiger partial charge in [0.05, 0.1) is 4.92 Å². The highest BCUT2D eigenvalue weighted by Gasteiger charge is 2.15. The maximum absolute atomic E-state index is 12.8. The number of hydrogen-bond acceptors (Lipinski definition) is 6. The van der Waals surface area contributed by atoms with Gasteiger partial charge in [0.2, 0.25) is 0 Å². The SMILES string of the molecule is CC(=NNC(=O)/C(=C/c1ccc([N+](=O)[O-])cc1)NC(=O)c1ccccc1)c1ccc(C)o1. The second-order valence-corrected chi connectivity index (χ2v) is 6.78. The molecule has 0 fully saturated rings. The summed E-state index contributed by atoms with van der Waals surface area (Å²) in [6.45, 7) is 3.46. The zero-order chi connectivity index (χ0) is 23.1. The van der Waals surface area contributed by atoms with E-state index < -0.39 is 16.7 Å². The number of rotatable bonds is 7. The molecule has 9 heteroatoms. The van der Waals surface area contributed by atoms with E-state index in [4.69, 9.17) is 4.42 Å². The summed E-state index contributed by atoms with van der Waals surface area (Å²) in [6.07, 6.45) is 1.40. The molecule has 162 valence electrons. The van der Waals surface area contributed by atoms with Crippen molar-refractivity contribution in [3.05, 3.63) is 105 Å². The second-order valence-electron chi connectivity index (χ2n) is 6.78. The van der Waals surface area contributed by atoms with E-state index in [9.17, 15) is 19.7 Å². The molecule has 0 spiro atoms. The van der Waals surface area contributed by atoms with Crippen molar-refractivity contribution in [3.8, 4) is 0 Å². The number of nitro groups is 1. The van der Waals surface area contributed by atoms with Gasteiger partial charge in [0.25, 0.3) is 17.5 Å². The molecule has 0 aliphatic heterocycles. The van der Waals surface area contributed by atoms with E-state index in [1.54, 1.807) is 56.3 Å². The molecule has 0 aliphatic carbocycles. The smallest absolute Gasteiger partial charge is 0.287 e. The predicted octanol–water partition coefficient (Wildman–Crippen LogP) is 3.81. The zero-order valence-electron chi connectivity index (χ0n) is 17.4. The van der Waals surface area contributed by atoms with Gasteiger partial charge in [-0.25, -0.2) is 5.43 Å². The van der Waals surface area contributed by atoms with Gasteiger partial charge in [0, 0.05) is 17.7 Å². The van der Waals surface area contributed by atoms with Crippen LogP contribution in [-0.4, -0.2) is 22.4 Å². The first-order valence-electron chi connectivity index (χ1n) is 9.57. The molecule has 9 nitrogen and oxygen atoms in total. The number of hydrazone groups is 1. The van der Waals surface area contributed by atoms with Gasteiger partial charge in [-0.3, -0.25) is 19.7 Å². The molecule has 1 heterocycles. The normalized spacial score (nSPS) is 11.7. The summed E-state index contributed by atoms with van der Waals surface area (Å²) in [5, 5.41) is 17.5. The molecule has 2 amide bonds. The van der Waals surface area contributed by atoms with E-state index in [1.807, 2.05) is 0 Å². The number of hydrogen-bond donors (Lipinski definition) is 2. The quantitative estimate of drug-likeness (QED) is 0.254. The Morgan fingerprint density at radius 2 is 1.72 bits per heavy atom. The Balaban J connectivity index is 1.85. The highest BCUT2D eigenvalue weighted by atomic mass is 16.6. The number of nitrogens with zero attached hydrogens (tertiary/aromatic N) is 2. The lowest BCUT2D eigenvalue weighted by Gasteiger charge is -2.09. The molecular weight excluding hydrogens is 412 g/mol.